The van der Waals surface area contributed by atoms with Gasteiger partial charge in [0, 0.05) is 44.9 Å². The first kappa shape index (κ1) is 19.9. The van der Waals surface area contributed by atoms with Crippen LogP contribution in [0.2, 0.25) is 0 Å². The lowest BCUT2D eigenvalue weighted by atomic mass is 9.82. The molecule has 2 fully saturated rings. The molecule has 1 aliphatic heterocycles. The number of amides is 2. The van der Waals surface area contributed by atoms with Crippen molar-refractivity contribution in [3.05, 3.63) is 24.0 Å². The fourth-order valence-electron chi connectivity index (χ4n) is 3.97. The second-order valence-electron chi connectivity index (χ2n) is 7.71. The molecule has 0 bridgehead atoms. The minimum atomic E-state index is -0.112. The van der Waals surface area contributed by atoms with Crippen LogP contribution in [0.25, 0.3) is 0 Å². The number of carbonyl (C=O) groups excluding carboxylic acids is 2. The van der Waals surface area contributed by atoms with Gasteiger partial charge in [-0.3, -0.25) is 9.59 Å². The van der Waals surface area contributed by atoms with Crippen molar-refractivity contribution >= 4 is 11.8 Å². The van der Waals surface area contributed by atoms with Gasteiger partial charge in [-0.15, -0.1) is 0 Å². The maximum absolute atomic E-state index is 13.0. The first-order chi connectivity index (χ1) is 13.1. The summed E-state index contributed by atoms with van der Waals surface area (Å²) in [4.78, 5) is 32.6. The molecule has 3 atom stereocenters. The number of carbonyl (C=O) groups is 2. The molecule has 1 aliphatic carbocycles. The number of H-pyrrole nitrogens is 1. The van der Waals surface area contributed by atoms with E-state index < -0.39 is 0 Å². The molecular formula is C20H32N4O3. The standard InChI is InChI=1S/C20H32N4O3/c1-3-13-27-18-14-15(20(26)24-11-9-23(2)10-12-24)6-7-16(18)22-19(25)17-5-4-8-21-17/h4-5,8,15-16,18,21H,3,6-7,9-14H2,1-2H3,(H,22,25)/t15-,16+,18+/m0/s1. The largest absolute Gasteiger partial charge is 0.376 e. The van der Waals surface area contributed by atoms with Crippen molar-refractivity contribution in [3.63, 3.8) is 0 Å². The fraction of sp³-hybridized carbons (Fsp3) is 0.700. The molecule has 2 amide bonds. The van der Waals surface area contributed by atoms with Gasteiger partial charge in [-0.2, -0.15) is 0 Å². The van der Waals surface area contributed by atoms with E-state index in [4.69, 9.17) is 4.74 Å². The van der Waals surface area contributed by atoms with Crippen molar-refractivity contribution in [2.24, 2.45) is 5.92 Å². The zero-order chi connectivity index (χ0) is 19.2. The number of ether oxygens (including phenoxy) is 1. The lowest BCUT2D eigenvalue weighted by Gasteiger charge is -2.39. The van der Waals surface area contributed by atoms with Crippen LogP contribution in [0.5, 0.6) is 0 Å². The Morgan fingerprint density at radius 2 is 2.04 bits per heavy atom. The Hall–Kier alpha value is -1.86. The minimum Gasteiger partial charge on any atom is -0.376 e. The summed E-state index contributed by atoms with van der Waals surface area (Å²) in [5, 5.41) is 3.10. The number of likely N-dealkylation sites (N-methyl/N-ethyl adjacent to an activating group) is 1. The van der Waals surface area contributed by atoms with Crippen molar-refractivity contribution in [2.45, 2.75) is 44.8 Å². The molecule has 1 saturated carbocycles. The molecule has 0 radical (unpaired) electrons. The van der Waals surface area contributed by atoms with E-state index in [2.05, 4.69) is 29.2 Å². The van der Waals surface area contributed by atoms with E-state index in [-0.39, 0.29) is 29.9 Å². The number of rotatable bonds is 6. The summed E-state index contributed by atoms with van der Waals surface area (Å²) in [7, 11) is 2.09. The molecule has 3 rings (SSSR count). The third kappa shape index (κ3) is 5.11. The molecule has 150 valence electrons. The average molecular weight is 377 g/mol. The van der Waals surface area contributed by atoms with Crippen LogP contribution in [0.3, 0.4) is 0 Å². The van der Waals surface area contributed by atoms with E-state index in [1.165, 1.54) is 0 Å². The normalized spacial score (nSPS) is 26.7. The number of piperazine rings is 1. The zero-order valence-corrected chi connectivity index (χ0v) is 16.4. The molecular weight excluding hydrogens is 344 g/mol. The van der Waals surface area contributed by atoms with E-state index in [0.717, 1.165) is 45.4 Å². The second-order valence-corrected chi connectivity index (χ2v) is 7.71. The van der Waals surface area contributed by atoms with Crippen molar-refractivity contribution < 1.29 is 14.3 Å². The monoisotopic (exact) mass is 376 g/mol. The number of aromatic nitrogens is 1. The quantitative estimate of drug-likeness (QED) is 0.788. The Labute approximate surface area is 161 Å². The van der Waals surface area contributed by atoms with Gasteiger partial charge in [0.25, 0.3) is 5.91 Å². The molecule has 27 heavy (non-hydrogen) atoms. The summed E-state index contributed by atoms with van der Waals surface area (Å²) in [6.45, 7) is 6.20. The molecule has 2 aliphatic rings. The third-order valence-corrected chi connectivity index (χ3v) is 5.65. The Balaban J connectivity index is 1.59. The number of nitrogens with zero attached hydrogens (tertiary/aromatic N) is 2. The number of hydrogen-bond acceptors (Lipinski definition) is 4. The van der Waals surface area contributed by atoms with Gasteiger partial charge in [0.1, 0.15) is 5.69 Å². The Morgan fingerprint density at radius 3 is 2.70 bits per heavy atom. The molecule has 7 heteroatoms. The lowest BCUT2D eigenvalue weighted by molar-refractivity contribution is -0.140. The zero-order valence-electron chi connectivity index (χ0n) is 16.4. The predicted octanol–water partition coefficient (Wildman–Crippen LogP) is 1.48. The SMILES string of the molecule is CCCO[C@@H]1C[C@@H](C(=O)N2CCN(C)CC2)CC[C@H]1NC(=O)c1ccc[nH]1. The highest BCUT2D eigenvalue weighted by Crippen LogP contribution is 2.29. The van der Waals surface area contributed by atoms with Crippen LogP contribution in [0.4, 0.5) is 0 Å². The molecule has 1 aromatic rings. The maximum atomic E-state index is 13.0. The van der Waals surface area contributed by atoms with Gasteiger partial charge in [-0.05, 0) is 44.9 Å². The van der Waals surface area contributed by atoms with Gasteiger partial charge in [0.2, 0.25) is 5.91 Å². The van der Waals surface area contributed by atoms with Gasteiger partial charge >= 0.3 is 0 Å². The molecule has 1 aromatic heterocycles. The van der Waals surface area contributed by atoms with Crippen LogP contribution in [0, 0.1) is 5.92 Å². The number of nitrogens with one attached hydrogen (secondary N) is 2. The highest BCUT2D eigenvalue weighted by Gasteiger charge is 2.37. The highest BCUT2D eigenvalue weighted by atomic mass is 16.5. The van der Waals surface area contributed by atoms with Crippen LogP contribution < -0.4 is 5.32 Å². The Morgan fingerprint density at radius 1 is 1.26 bits per heavy atom. The number of aromatic amines is 1. The average Bonchev–Trinajstić information content (AvgIpc) is 3.22. The first-order valence-electron chi connectivity index (χ1n) is 10.1. The summed E-state index contributed by atoms with van der Waals surface area (Å²) in [5.74, 6) is 0.134. The molecule has 0 aromatic carbocycles. The molecule has 0 unspecified atom stereocenters. The second kappa shape index (κ2) is 9.37. The topological polar surface area (TPSA) is 77.7 Å². The first-order valence-corrected chi connectivity index (χ1v) is 10.1. The lowest BCUT2D eigenvalue weighted by Crippen LogP contribution is -2.53. The smallest absolute Gasteiger partial charge is 0.267 e. The number of hydrogen-bond donors (Lipinski definition) is 2. The van der Waals surface area contributed by atoms with Crippen molar-refractivity contribution in [1.29, 1.82) is 0 Å². The van der Waals surface area contributed by atoms with Gasteiger partial charge < -0.3 is 24.8 Å². The summed E-state index contributed by atoms with van der Waals surface area (Å²) in [6, 6.07) is 3.52. The highest BCUT2D eigenvalue weighted by molar-refractivity contribution is 5.92. The molecule has 7 nitrogen and oxygen atoms in total. The van der Waals surface area contributed by atoms with Crippen LogP contribution >= 0.6 is 0 Å². The van der Waals surface area contributed by atoms with Gasteiger partial charge in [0.15, 0.2) is 0 Å². The molecule has 1 saturated heterocycles. The van der Waals surface area contributed by atoms with E-state index >= 15 is 0 Å². The van der Waals surface area contributed by atoms with Crippen LogP contribution in [0.15, 0.2) is 18.3 Å². The van der Waals surface area contributed by atoms with Crippen molar-refractivity contribution in [3.8, 4) is 0 Å². The minimum absolute atomic E-state index is 0.00565. The maximum Gasteiger partial charge on any atom is 0.267 e. The summed E-state index contributed by atoms with van der Waals surface area (Å²) < 4.78 is 6.04. The Bertz CT molecular complexity index is 611. The summed E-state index contributed by atoms with van der Waals surface area (Å²) >= 11 is 0. The Kier molecular flexibility index (Phi) is 6.90. The summed E-state index contributed by atoms with van der Waals surface area (Å²) in [6.07, 6.45) is 4.80. The van der Waals surface area contributed by atoms with E-state index in [1.54, 1.807) is 12.3 Å². The van der Waals surface area contributed by atoms with Crippen molar-refractivity contribution in [2.75, 3.05) is 39.8 Å². The molecule has 2 N–H and O–H groups in total. The van der Waals surface area contributed by atoms with E-state index in [0.29, 0.717) is 18.7 Å². The predicted molar refractivity (Wildman–Crippen MR) is 103 cm³/mol. The molecule has 0 spiro atoms. The van der Waals surface area contributed by atoms with Gasteiger partial charge in [-0.1, -0.05) is 6.92 Å². The van der Waals surface area contributed by atoms with Crippen LogP contribution in [-0.4, -0.2) is 78.6 Å². The molecule has 2 heterocycles. The van der Waals surface area contributed by atoms with Crippen LogP contribution in [-0.2, 0) is 9.53 Å². The van der Waals surface area contributed by atoms with Crippen LogP contribution in [0.1, 0.15) is 43.1 Å². The van der Waals surface area contributed by atoms with Gasteiger partial charge in [-0.25, -0.2) is 0 Å². The van der Waals surface area contributed by atoms with E-state index in [1.807, 2.05) is 11.0 Å². The van der Waals surface area contributed by atoms with Gasteiger partial charge in [0.05, 0.1) is 12.1 Å². The summed E-state index contributed by atoms with van der Waals surface area (Å²) in [5.41, 5.74) is 0.555. The third-order valence-electron chi connectivity index (χ3n) is 5.65. The van der Waals surface area contributed by atoms with E-state index in [9.17, 15) is 9.59 Å². The fourth-order valence-corrected chi connectivity index (χ4v) is 3.97. The van der Waals surface area contributed by atoms with Crippen molar-refractivity contribution in [1.82, 2.24) is 20.1 Å².